The molecule has 0 spiro atoms. The van der Waals surface area contributed by atoms with Crippen LogP contribution >= 0.6 is 0 Å². The van der Waals surface area contributed by atoms with Crippen LogP contribution in [0.2, 0.25) is 0 Å². The summed E-state index contributed by atoms with van der Waals surface area (Å²) in [6.45, 7) is 7.21. The van der Waals surface area contributed by atoms with E-state index in [2.05, 4.69) is 15.5 Å². The van der Waals surface area contributed by atoms with Gasteiger partial charge >= 0.3 is 0 Å². The molecule has 24 heavy (non-hydrogen) atoms. The average Bonchev–Trinajstić information content (AvgIpc) is 3.06. The summed E-state index contributed by atoms with van der Waals surface area (Å²) in [5.41, 5.74) is 2.67. The number of furan rings is 1. The number of aliphatic hydroxyl groups excluding tert-OH is 1. The van der Waals surface area contributed by atoms with Gasteiger partial charge < -0.3 is 19.4 Å². The fraction of sp³-hybridized carbons (Fsp3) is 0.353. The number of carbonyl (C=O) groups excluding carboxylic acids is 1. The van der Waals surface area contributed by atoms with Crippen LogP contribution in [0.3, 0.4) is 0 Å². The quantitative estimate of drug-likeness (QED) is 0.762. The Hall–Kier alpha value is -2.67. The highest BCUT2D eigenvalue weighted by Crippen LogP contribution is 2.30. The third-order valence-electron chi connectivity index (χ3n) is 3.74. The fourth-order valence-corrected chi connectivity index (χ4v) is 2.63. The molecule has 0 aromatic carbocycles. The second-order valence-electron chi connectivity index (χ2n) is 5.89. The van der Waals surface area contributed by atoms with Gasteiger partial charge in [-0.25, -0.2) is 4.98 Å². The molecule has 0 bridgehead atoms. The lowest BCUT2D eigenvalue weighted by Gasteiger charge is -2.09. The van der Waals surface area contributed by atoms with Crippen LogP contribution in [-0.2, 0) is 0 Å². The first kappa shape index (κ1) is 16.2. The molecule has 0 unspecified atom stereocenters. The van der Waals surface area contributed by atoms with Crippen molar-refractivity contribution in [1.29, 1.82) is 0 Å². The number of fused-ring (bicyclic) bond motifs is 1. The van der Waals surface area contributed by atoms with E-state index >= 15 is 0 Å². The molecule has 3 rings (SSSR count). The summed E-state index contributed by atoms with van der Waals surface area (Å²) in [6.07, 6.45) is -0.631. The number of nitrogens with one attached hydrogen (secondary N) is 1. The first-order chi connectivity index (χ1) is 11.4. The predicted octanol–water partition coefficient (Wildman–Crippen LogP) is 2.52. The molecule has 0 fully saturated rings. The zero-order valence-corrected chi connectivity index (χ0v) is 14.0. The molecule has 2 N–H and O–H groups in total. The van der Waals surface area contributed by atoms with Crippen molar-refractivity contribution in [2.75, 3.05) is 6.54 Å². The minimum absolute atomic E-state index is 0.159. The number of hydrogen-bond donors (Lipinski definition) is 2. The van der Waals surface area contributed by atoms with Gasteiger partial charge in [0.25, 0.3) is 11.6 Å². The monoisotopic (exact) mass is 329 g/mol. The highest BCUT2D eigenvalue weighted by Gasteiger charge is 2.21. The average molecular weight is 329 g/mol. The molecule has 0 aliphatic rings. The molecule has 7 nitrogen and oxygen atoms in total. The number of rotatable bonds is 4. The van der Waals surface area contributed by atoms with E-state index in [1.807, 2.05) is 19.9 Å². The molecular weight excluding hydrogens is 310 g/mol. The van der Waals surface area contributed by atoms with Crippen molar-refractivity contribution in [2.24, 2.45) is 0 Å². The Kier molecular flexibility index (Phi) is 4.11. The van der Waals surface area contributed by atoms with Crippen LogP contribution in [0.5, 0.6) is 0 Å². The van der Waals surface area contributed by atoms with E-state index in [0.717, 1.165) is 11.3 Å². The van der Waals surface area contributed by atoms with E-state index in [9.17, 15) is 9.90 Å². The summed E-state index contributed by atoms with van der Waals surface area (Å²) in [5, 5.41) is 16.5. The Morgan fingerprint density at radius 2 is 2.08 bits per heavy atom. The van der Waals surface area contributed by atoms with Crippen LogP contribution in [0.1, 0.15) is 34.5 Å². The molecule has 0 aliphatic heterocycles. The SMILES string of the molecule is Cc1cc(-c2cc(C(=O)NC[C@@H](C)O)c3c(C)noc3n2)c(C)o1. The van der Waals surface area contributed by atoms with Crippen LogP contribution in [0.4, 0.5) is 0 Å². The van der Waals surface area contributed by atoms with E-state index < -0.39 is 6.10 Å². The van der Waals surface area contributed by atoms with Gasteiger partial charge in [-0.05, 0) is 39.8 Å². The normalized spacial score (nSPS) is 12.5. The van der Waals surface area contributed by atoms with Gasteiger partial charge in [-0.3, -0.25) is 4.79 Å². The topological polar surface area (TPSA) is 101 Å². The Morgan fingerprint density at radius 1 is 1.33 bits per heavy atom. The largest absolute Gasteiger partial charge is 0.466 e. The standard InChI is InChI=1S/C17H19N3O4/c1-8(21)7-18-16(22)13-6-14(12-5-9(2)23-11(12)4)19-17-15(13)10(3)20-24-17/h5-6,8,21H,7H2,1-4H3,(H,18,22)/t8-/m1/s1. The Bertz CT molecular complexity index is 908. The minimum Gasteiger partial charge on any atom is -0.466 e. The Labute approximate surface area is 138 Å². The number of pyridine rings is 1. The second-order valence-corrected chi connectivity index (χ2v) is 5.89. The predicted molar refractivity (Wildman–Crippen MR) is 87.7 cm³/mol. The molecule has 0 saturated heterocycles. The van der Waals surface area contributed by atoms with Gasteiger partial charge in [0.05, 0.1) is 28.4 Å². The van der Waals surface area contributed by atoms with Gasteiger partial charge in [0, 0.05) is 12.1 Å². The molecule has 0 aliphatic carbocycles. The number of hydrogen-bond acceptors (Lipinski definition) is 6. The van der Waals surface area contributed by atoms with Gasteiger partial charge in [0.1, 0.15) is 11.5 Å². The molecule has 0 saturated carbocycles. The first-order valence-electron chi connectivity index (χ1n) is 7.67. The number of aliphatic hydroxyl groups is 1. The Morgan fingerprint density at radius 3 is 2.71 bits per heavy atom. The van der Waals surface area contributed by atoms with Gasteiger partial charge in [-0.15, -0.1) is 0 Å². The lowest BCUT2D eigenvalue weighted by molar-refractivity contribution is 0.0925. The molecule has 7 heteroatoms. The zero-order chi connectivity index (χ0) is 17.4. The van der Waals surface area contributed by atoms with Crippen LogP contribution in [0.25, 0.3) is 22.4 Å². The van der Waals surface area contributed by atoms with Crippen molar-refractivity contribution in [3.8, 4) is 11.3 Å². The van der Waals surface area contributed by atoms with E-state index in [0.29, 0.717) is 33.8 Å². The number of aryl methyl sites for hydroxylation is 3. The number of aromatic nitrogens is 2. The molecule has 3 heterocycles. The lowest BCUT2D eigenvalue weighted by Crippen LogP contribution is -2.30. The number of amides is 1. The summed E-state index contributed by atoms with van der Waals surface area (Å²) in [7, 11) is 0. The van der Waals surface area contributed by atoms with Crippen LogP contribution in [-0.4, -0.2) is 33.8 Å². The van der Waals surface area contributed by atoms with Crippen molar-refractivity contribution < 1.29 is 18.8 Å². The molecule has 3 aromatic heterocycles. The maximum Gasteiger partial charge on any atom is 0.259 e. The summed E-state index contributed by atoms with van der Waals surface area (Å²) in [5.74, 6) is 1.16. The third kappa shape index (κ3) is 2.90. The molecular formula is C17H19N3O4. The van der Waals surface area contributed by atoms with E-state index in [4.69, 9.17) is 8.94 Å². The van der Waals surface area contributed by atoms with Gasteiger partial charge in [0.2, 0.25) is 0 Å². The molecule has 1 atom stereocenters. The van der Waals surface area contributed by atoms with Gasteiger partial charge in [-0.1, -0.05) is 5.16 Å². The molecule has 126 valence electrons. The van der Waals surface area contributed by atoms with Gasteiger partial charge in [0.15, 0.2) is 0 Å². The van der Waals surface area contributed by atoms with Crippen molar-refractivity contribution in [2.45, 2.75) is 33.8 Å². The summed E-state index contributed by atoms with van der Waals surface area (Å²) >= 11 is 0. The molecule has 1 amide bonds. The number of nitrogens with zero attached hydrogens (tertiary/aromatic N) is 2. The first-order valence-corrected chi connectivity index (χ1v) is 7.67. The molecule has 0 radical (unpaired) electrons. The summed E-state index contributed by atoms with van der Waals surface area (Å²) in [4.78, 5) is 17.0. The Balaban J connectivity index is 2.13. The fourth-order valence-electron chi connectivity index (χ4n) is 2.63. The summed E-state index contributed by atoms with van der Waals surface area (Å²) in [6, 6.07) is 3.56. The lowest BCUT2D eigenvalue weighted by atomic mass is 10.1. The van der Waals surface area contributed by atoms with E-state index in [1.165, 1.54) is 0 Å². The highest BCUT2D eigenvalue weighted by atomic mass is 16.5. The minimum atomic E-state index is -0.631. The zero-order valence-electron chi connectivity index (χ0n) is 14.0. The van der Waals surface area contributed by atoms with Crippen LogP contribution in [0, 0.1) is 20.8 Å². The smallest absolute Gasteiger partial charge is 0.259 e. The van der Waals surface area contributed by atoms with Crippen molar-refractivity contribution in [3.63, 3.8) is 0 Å². The van der Waals surface area contributed by atoms with Crippen LogP contribution in [0.15, 0.2) is 21.1 Å². The molecule has 3 aromatic rings. The van der Waals surface area contributed by atoms with E-state index in [-0.39, 0.29) is 12.5 Å². The second kappa shape index (κ2) is 6.09. The highest BCUT2D eigenvalue weighted by molar-refractivity contribution is 6.07. The third-order valence-corrected chi connectivity index (χ3v) is 3.74. The van der Waals surface area contributed by atoms with Crippen molar-refractivity contribution in [3.05, 3.63) is 34.9 Å². The number of carbonyl (C=O) groups is 1. The van der Waals surface area contributed by atoms with E-state index in [1.54, 1.807) is 19.9 Å². The maximum absolute atomic E-state index is 12.5. The van der Waals surface area contributed by atoms with Gasteiger partial charge in [-0.2, -0.15) is 0 Å². The summed E-state index contributed by atoms with van der Waals surface area (Å²) < 4.78 is 10.8. The van der Waals surface area contributed by atoms with Crippen LogP contribution < -0.4 is 5.32 Å². The van der Waals surface area contributed by atoms with Crippen molar-refractivity contribution >= 4 is 17.0 Å². The maximum atomic E-state index is 12.5. The van der Waals surface area contributed by atoms with Crippen molar-refractivity contribution in [1.82, 2.24) is 15.5 Å².